The first kappa shape index (κ1) is 89.0. The number of unbranched alkanes of at least 4 members (excludes halogenated alkanes) is 4. The maximum Gasteiger partial charge on any atom is 1.00 e. The number of rotatable bonds is 15. The molecule has 0 saturated heterocycles. The quantitative estimate of drug-likeness (QED) is 0.0348. The molecule has 0 saturated carbocycles. The number of carboxylic acids is 2. The Bertz CT molecular complexity index is 1430. The number of carbonyl (C=O) groups excluding carboxylic acids is 1. The van der Waals surface area contributed by atoms with E-state index in [1.165, 1.54) is 111 Å². The van der Waals surface area contributed by atoms with Crippen molar-refractivity contribution in [2.45, 2.75) is 142 Å². The zero-order valence-corrected chi connectivity index (χ0v) is 50.0. The molecule has 0 aliphatic carbocycles. The number of hydrogen-bond acceptors (Lipinski definition) is 8. The first-order valence-corrected chi connectivity index (χ1v) is 22.0. The first-order valence-electron chi connectivity index (χ1n) is 22.0. The number of carboxylic acid groups (broad SMARTS) is 2. The van der Waals surface area contributed by atoms with Crippen molar-refractivity contribution in [2.24, 2.45) is 0 Å². The van der Waals surface area contributed by atoms with Crippen molar-refractivity contribution in [1.29, 1.82) is 0 Å². The van der Waals surface area contributed by atoms with E-state index in [9.17, 15) is 0 Å². The maximum absolute atomic E-state index is 9.00. The van der Waals surface area contributed by atoms with Crippen molar-refractivity contribution in [2.75, 3.05) is 26.2 Å². The van der Waals surface area contributed by atoms with Crippen LogP contribution in [0.5, 0.6) is 0 Å². The minimum Gasteiger partial charge on any atom is -1.00 e. The van der Waals surface area contributed by atoms with Crippen LogP contribution in [-0.4, -0.2) is 81.1 Å². The van der Waals surface area contributed by atoms with E-state index in [0.29, 0.717) is 0 Å². The fraction of sp³-hybridized carbons (Fsp3) is 0.481. The average molecular weight is 1090 g/mol. The zero-order valence-electron chi connectivity index (χ0n) is 43.2. The van der Waals surface area contributed by atoms with Crippen LogP contribution in [0.1, 0.15) is 142 Å². The molecule has 0 aliphatic heterocycles. The Balaban J connectivity index is -0.0000000636. The van der Waals surface area contributed by atoms with E-state index < -0.39 is 18.7 Å². The molecule has 4 aromatic carbocycles. The Labute approximate surface area is 509 Å². The topological polar surface area (TPSA) is 185 Å². The van der Waals surface area contributed by atoms with E-state index in [2.05, 4.69) is 100 Å². The molecule has 11 nitrogen and oxygen atoms in total. The van der Waals surface area contributed by atoms with Crippen LogP contribution >= 0.6 is 0 Å². The number of aliphatic carboxylic acids is 2. The second-order valence-corrected chi connectivity index (χ2v) is 13.4. The molecular weight excluding hydrogens is 994 g/mol. The fourth-order valence-electron chi connectivity index (χ4n) is 5.15. The van der Waals surface area contributed by atoms with E-state index in [-0.39, 0.29) is 151 Å². The summed E-state index contributed by atoms with van der Waals surface area (Å²) in [5.74, 6) is -1.67. The standard InChI is InChI=1S/C16H36N.C12H10.C7H8.C6H8BO3.2C2H4O2.2C2H6.CH2O3.2CH4.2K.Pd.H/c1-5-9-13-17(14-10-6-2,15-11-7-3)16-12-8-4;1-3-7-11(8-4-1)12-9-5-2-6-10-12;1-7-5-3-2-4-6-7;8-7(9,10)6-4-2-1-3-5-6;2*1-2(3)4;2*1-2;2-1-4-3;;;;;;/h5-16H2,1-4H3;1-10H;2-6H,1H3;1-5,8-10H;2*1H3,(H,3,4);2*1-2H3;1,3H;2*1H4;;;;/q+1;;;-1;;;;;;;;2*+1;;-1/p-1. The molecule has 5 N–H and O–H groups in total. The normalized spacial score (nSPS) is 8.64. The van der Waals surface area contributed by atoms with Gasteiger partial charge >= 0.3 is 110 Å². The van der Waals surface area contributed by atoms with Gasteiger partial charge in [0, 0.05) is 34.3 Å². The number of quaternary nitrogens is 1. The zero-order chi connectivity index (χ0) is 48.5. The molecule has 4 rings (SSSR count). The van der Waals surface area contributed by atoms with Gasteiger partial charge in [0.1, 0.15) is 0 Å². The van der Waals surface area contributed by atoms with Gasteiger partial charge in [0.15, 0.2) is 0 Å². The number of aryl methyl sites for hydroxylation is 1. The number of carbonyl (C=O) groups is 3. The van der Waals surface area contributed by atoms with Crippen molar-refractivity contribution in [3.63, 3.8) is 0 Å². The molecule has 15 heteroatoms. The summed E-state index contributed by atoms with van der Waals surface area (Å²) >= 11 is 0. The molecule has 0 heterocycles. The van der Waals surface area contributed by atoms with Crippen LogP contribution in [0.4, 0.5) is 0 Å². The van der Waals surface area contributed by atoms with Crippen molar-refractivity contribution in [3.8, 4) is 11.1 Å². The van der Waals surface area contributed by atoms with Crippen LogP contribution in [0.3, 0.4) is 0 Å². The van der Waals surface area contributed by atoms with Gasteiger partial charge in [-0.05, 0) is 43.7 Å². The summed E-state index contributed by atoms with van der Waals surface area (Å²) in [7, 11) is 0. The Kier molecular flexibility index (Phi) is 89.2. The molecule has 0 amide bonds. The van der Waals surface area contributed by atoms with E-state index in [4.69, 9.17) is 44.9 Å². The summed E-state index contributed by atoms with van der Waals surface area (Å²) < 4.78 is 1.42. The van der Waals surface area contributed by atoms with Gasteiger partial charge in [-0.15, -0.1) is 5.46 Å². The summed E-state index contributed by atoms with van der Waals surface area (Å²) in [6.07, 6.45) is 11.1. The van der Waals surface area contributed by atoms with Gasteiger partial charge in [-0.1, -0.05) is 223 Å². The van der Waals surface area contributed by atoms with Gasteiger partial charge in [-0.3, -0.25) is 14.4 Å². The Morgan fingerprint density at radius 1 is 0.567 bits per heavy atom. The summed E-state index contributed by atoms with van der Waals surface area (Å²) in [4.78, 5) is 29.2. The van der Waals surface area contributed by atoms with Gasteiger partial charge in [0.05, 0.1) is 26.2 Å². The minimum atomic E-state index is -3.30. The summed E-state index contributed by atoms with van der Waals surface area (Å²) in [5.41, 5.74) is 4.00. The Hall–Kier alpha value is -0.910. The van der Waals surface area contributed by atoms with E-state index >= 15 is 0 Å². The summed E-state index contributed by atoms with van der Waals surface area (Å²) in [6.45, 7) is 23.8. The Morgan fingerprint density at radius 3 is 0.925 bits per heavy atom. The fourth-order valence-corrected chi connectivity index (χ4v) is 5.15. The average Bonchev–Trinajstić information content (AvgIpc) is 3.28. The van der Waals surface area contributed by atoms with Gasteiger partial charge in [-0.2, -0.15) is 0 Å². The van der Waals surface area contributed by atoms with Gasteiger partial charge in [0.25, 0.3) is 18.4 Å². The summed E-state index contributed by atoms with van der Waals surface area (Å²) in [6, 6.07) is 38.9. The van der Waals surface area contributed by atoms with Gasteiger partial charge < -0.3 is 41.3 Å². The molecule has 0 atom stereocenters. The molecule has 4 aromatic rings. The monoisotopic (exact) mass is 1090 g/mol. The van der Waals surface area contributed by atoms with Crippen LogP contribution in [-0.2, 0) is 39.7 Å². The smallest absolute Gasteiger partial charge is 1.00 e. The molecule has 0 aromatic heterocycles. The van der Waals surface area contributed by atoms with Crippen molar-refractivity contribution in [3.05, 3.63) is 127 Å². The van der Waals surface area contributed by atoms with Crippen LogP contribution in [0.25, 0.3) is 11.1 Å². The predicted octanol–water partition coefficient (Wildman–Crippen LogP) is 5.22. The Morgan fingerprint density at radius 2 is 0.776 bits per heavy atom. The number of nitrogens with zero attached hydrogens (tertiary/aromatic N) is 1. The molecule has 0 spiro atoms. The van der Waals surface area contributed by atoms with Crippen molar-refractivity contribution < 1.29 is 179 Å². The molecule has 0 fully saturated rings. The summed E-state index contributed by atoms with van der Waals surface area (Å²) in [5, 5.41) is 49.3. The first-order chi connectivity index (χ1) is 29.6. The predicted molar refractivity (Wildman–Crippen MR) is 272 cm³/mol. The minimum absolute atomic E-state index is 0. The third kappa shape index (κ3) is 67.2. The van der Waals surface area contributed by atoms with Gasteiger partial charge in [-0.25, -0.2) is 0 Å². The molecule has 0 unspecified atom stereocenters. The largest absolute Gasteiger partial charge is 1.00 e. The third-order valence-electron chi connectivity index (χ3n) is 8.05. The third-order valence-corrected chi connectivity index (χ3v) is 8.05. The van der Waals surface area contributed by atoms with Crippen LogP contribution in [0.2, 0.25) is 0 Å². The number of benzene rings is 4. The second kappa shape index (κ2) is 67.2. The van der Waals surface area contributed by atoms with E-state index in [0.717, 1.165) is 13.8 Å². The van der Waals surface area contributed by atoms with Crippen molar-refractivity contribution >= 4 is 30.6 Å². The van der Waals surface area contributed by atoms with Crippen LogP contribution in [0.15, 0.2) is 121 Å². The SMILES string of the molecule is C.C.CC.CC.CC(=O)O.CC(=O)O.CCCC[N+](CCCC)(CCCC)CCCC.Cc1ccccc1.O=CO[O-].O[B-](O)(O)c1ccccc1.[H-].[K+].[K+].[Pd].c1ccc(-c2ccccc2)cc1. The van der Waals surface area contributed by atoms with Crippen LogP contribution in [0, 0.1) is 6.92 Å². The maximum atomic E-state index is 9.00. The molecule has 0 bridgehead atoms. The number of hydrogen-bond donors (Lipinski definition) is 5. The molecule has 0 aliphatic rings. The molecular formula is C52H92BK2NO10Pd. The molecule has 380 valence electrons. The van der Waals surface area contributed by atoms with E-state index in [1.54, 1.807) is 18.2 Å². The molecule has 67 heavy (non-hydrogen) atoms. The van der Waals surface area contributed by atoms with E-state index in [1.807, 2.05) is 58.0 Å². The van der Waals surface area contributed by atoms with Gasteiger partial charge in [0.2, 0.25) is 0 Å². The van der Waals surface area contributed by atoms with Crippen LogP contribution < -0.4 is 113 Å². The van der Waals surface area contributed by atoms with Crippen molar-refractivity contribution in [1.82, 2.24) is 0 Å². The molecule has 0 radical (unpaired) electrons. The second-order valence-electron chi connectivity index (χ2n) is 13.4.